The highest BCUT2D eigenvalue weighted by Gasteiger charge is 2.30. The molecule has 0 aliphatic rings. The highest BCUT2D eigenvalue weighted by atomic mass is 16.4. The molecular weight excluding hydrogens is 250 g/mol. The summed E-state index contributed by atoms with van der Waals surface area (Å²) in [7, 11) is 0. The van der Waals surface area contributed by atoms with E-state index in [9.17, 15) is 19.8 Å². The van der Waals surface area contributed by atoms with Gasteiger partial charge in [0.05, 0.1) is 29.9 Å². The van der Waals surface area contributed by atoms with Gasteiger partial charge in [0.25, 0.3) is 5.91 Å². The topological polar surface area (TPSA) is 107 Å². The van der Waals surface area contributed by atoms with Crippen molar-refractivity contribution >= 4 is 11.9 Å². The first kappa shape index (κ1) is 15.1. The summed E-state index contributed by atoms with van der Waals surface area (Å²) in [6.45, 7) is 0.845. The number of carbonyl (C=O) groups is 2. The standard InChI is InChI=1S/C13H17NO5/c1-2-13(7-15,8-16)14-11(17)9-5-3-4-6-10(9)12(18)19/h3-6,15-16H,2,7-8H2,1H3,(H,14,17)(H,18,19). The summed E-state index contributed by atoms with van der Waals surface area (Å²) < 4.78 is 0. The van der Waals surface area contributed by atoms with Gasteiger partial charge >= 0.3 is 5.97 Å². The minimum atomic E-state index is -1.21. The number of amides is 1. The molecule has 19 heavy (non-hydrogen) atoms. The molecule has 1 aromatic rings. The Kier molecular flexibility index (Phi) is 5.02. The first-order valence-electron chi connectivity index (χ1n) is 5.86. The number of hydrogen-bond acceptors (Lipinski definition) is 4. The van der Waals surface area contributed by atoms with Crippen LogP contribution in [0.1, 0.15) is 34.1 Å². The zero-order valence-corrected chi connectivity index (χ0v) is 10.6. The molecule has 0 unspecified atom stereocenters. The average molecular weight is 267 g/mol. The quantitative estimate of drug-likeness (QED) is 0.591. The molecule has 0 saturated heterocycles. The van der Waals surface area contributed by atoms with Crippen LogP contribution in [0.3, 0.4) is 0 Å². The van der Waals surface area contributed by atoms with Crippen molar-refractivity contribution in [3.63, 3.8) is 0 Å². The predicted molar refractivity (Wildman–Crippen MR) is 68.1 cm³/mol. The van der Waals surface area contributed by atoms with E-state index in [-0.39, 0.29) is 11.1 Å². The summed E-state index contributed by atoms with van der Waals surface area (Å²) in [5, 5.41) is 30.0. The van der Waals surface area contributed by atoms with Gasteiger partial charge in [0.1, 0.15) is 0 Å². The summed E-state index contributed by atoms with van der Waals surface area (Å²) in [4.78, 5) is 23.1. The summed E-state index contributed by atoms with van der Waals surface area (Å²) in [5.41, 5.74) is -1.28. The Hall–Kier alpha value is -1.92. The molecule has 0 bridgehead atoms. The number of rotatable bonds is 6. The van der Waals surface area contributed by atoms with Crippen LogP contribution in [0.5, 0.6) is 0 Å². The van der Waals surface area contributed by atoms with Crippen molar-refractivity contribution in [1.82, 2.24) is 5.32 Å². The van der Waals surface area contributed by atoms with Crippen molar-refractivity contribution in [1.29, 1.82) is 0 Å². The van der Waals surface area contributed by atoms with Crippen LogP contribution in [0.25, 0.3) is 0 Å². The molecular formula is C13H17NO5. The van der Waals surface area contributed by atoms with Crippen LogP contribution < -0.4 is 5.32 Å². The Morgan fingerprint density at radius 2 is 1.68 bits per heavy atom. The Labute approximate surface area is 110 Å². The van der Waals surface area contributed by atoms with Crippen molar-refractivity contribution in [3.05, 3.63) is 35.4 Å². The molecule has 0 saturated carbocycles. The molecule has 1 amide bonds. The minimum Gasteiger partial charge on any atom is -0.478 e. The van der Waals surface area contributed by atoms with E-state index < -0.39 is 30.6 Å². The van der Waals surface area contributed by atoms with E-state index in [1.54, 1.807) is 13.0 Å². The van der Waals surface area contributed by atoms with E-state index in [4.69, 9.17) is 5.11 Å². The number of aliphatic hydroxyl groups is 2. The molecule has 0 atom stereocenters. The Morgan fingerprint density at radius 1 is 1.16 bits per heavy atom. The second kappa shape index (κ2) is 6.31. The number of nitrogens with one attached hydrogen (secondary N) is 1. The van der Waals surface area contributed by atoms with Crippen molar-refractivity contribution in [2.75, 3.05) is 13.2 Å². The van der Waals surface area contributed by atoms with Crippen molar-refractivity contribution in [2.24, 2.45) is 0 Å². The van der Waals surface area contributed by atoms with E-state index in [0.717, 1.165) is 0 Å². The van der Waals surface area contributed by atoms with Gasteiger partial charge in [-0.15, -0.1) is 0 Å². The first-order chi connectivity index (χ1) is 8.99. The maximum absolute atomic E-state index is 12.1. The maximum atomic E-state index is 12.1. The number of benzene rings is 1. The van der Waals surface area contributed by atoms with Gasteiger partial charge < -0.3 is 20.6 Å². The summed E-state index contributed by atoms with van der Waals surface area (Å²) in [6, 6.07) is 5.77. The molecule has 6 nitrogen and oxygen atoms in total. The first-order valence-corrected chi connectivity index (χ1v) is 5.86. The van der Waals surface area contributed by atoms with Gasteiger partial charge in [0.2, 0.25) is 0 Å². The number of hydrogen-bond donors (Lipinski definition) is 4. The fourth-order valence-electron chi connectivity index (χ4n) is 1.62. The van der Waals surface area contributed by atoms with Gasteiger partial charge in [-0.1, -0.05) is 19.1 Å². The van der Waals surface area contributed by atoms with E-state index in [0.29, 0.717) is 6.42 Å². The molecule has 1 aromatic carbocycles. The third-order valence-corrected chi connectivity index (χ3v) is 3.06. The number of carbonyl (C=O) groups excluding carboxylic acids is 1. The van der Waals surface area contributed by atoms with Crippen molar-refractivity contribution < 1.29 is 24.9 Å². The zero-order valence-electron chi connectivity index (χ0n) is 10.6. The normalized spacial score (nSPS) is 11.1. The third kappa shape index (κ3) is 3.30. The van der Waals surface area contributed by atoms with Crippen LogP contribution in [0.15, 0.2) is 24.3 Å². The van der Waals surface area contributed by atoms with Crippen LogP contribution in [0.2, 0.25) is 0 Å². The highest BCUT2D eigenvalue weighted by Crippen LogP contribution is 2.13. The predicted octanol–water partition coefficient (Wildman–Crippen LogP) is 0.248. The van der Waals surface area contributed by atoms with E-state index in [2.05, 4.69) is 5.32 Å². The van der Waals surface area contributed by atoms with Gasteiger partial charge in [-0.2, -0.15) is 0 Å². The van der Waals surface area contributed by atoms with Crippen molar-refractivity contribution in [2.45, 2.75) is 18.9 Å². The fourth-order valence-corrected chi connectivity index (χ4v) is 1.62. The molecule has 0 aliphatic heterocycles. The smallest absolute Gasteiger partial charge is 0.336 e. The van der Waals surface area contributed by atoms with E-state index in [1.807, 2.05) is 0 Å². The van der Waals surface area contributed by atoms with Gasteiger partial charge in [0.15, 0.2) is 0 Å². The van der Waals surface area contributed by atoms with Crippen LogP contribution in [-0.4, -0.2) is 45.9 Å². The lowest BCUT2D eigenvalue weighted by Crippen LogP contribution is -2.54. The second-order valence-corrected chi connectivity index (χ2v) is 4.25. The molecule has 0 spiro atoms. The average Bonchev–Trinajstić information content (AvgIpc) is 2.44. The van der Waals surface area contributed by atoms with Gasteiger partial charge in [-0.3, -0.25) is 4.79 Å². The lowest BCUT2D eigenvalue weighted by atomic mass is 9.97. The lowest BCUT2D eigenvalue weighted by Gasteiger charge is -2.29. The Bertz CT molecular complexity index is 460. The largest absolute Gasteiger partial charge is 0.478 e. The molecule has 0 fully saturated rings. The number of aromatic carboxylic acids is 1. The third-order valence-electron chi connectivity index (χ3n) is 3.06. The van der Waals surface area contributed by atoms with Crippen LogP contribution in [0, 0.1) is 0 Å². The van der Waals surface area contributed by atoms with Crippen molar-refractivity contribution in [3.8, 4) is 0 Å². The monoisotopic (exact) mass is 267 g/mol. The SMILES string of the molecule is CCC(CO)(CO)NC(=O)c1ccccc1C(=O)O. The number of aliphatic hydroxyl groups excluding tert-OH is 2. The van der Waals surface area contributed by atoms with Gasteiger partial charge in [-0.25, -0.2) is 4.79 Å². The van der Waals surface area contributed by atoms with Gasteiger partial charge in [0, 0.05) is 0 Å². The maximum Gasteiger partial charge on any atom is 0.336 e. The zero-order chi connectivity index (χ0) is 14.5. The molecule has 0 aromatic heterocycles. The molecule has 0 radical (unpaired) electrons. The molecule has 104 valence electrons. The second-order valence-electron chi connectivity index (χ2n) is 4.25. The number of carboxylic acid groups (broad SMARTS) is 1. The minimum absolute atomic E-state index is 0.00488. The molecule has 0 aliphatic carbocycles. The highest BCUT2D eigenvalue weighted by molar-refractivity contribution is 6.05. The summed E-state index contributed by atoms with van der Waals surface area (Å²) >= 11 is 0. The van der Waals surface area contributed by atoms with E-state index in [1.165, 1.54) is 18.2 Å². The lowest BCUT2D eigenvalue weighted by molar-refractivity contribution is 0.0636. The fraction of sp³-hybridized carbons (Fsp3) is 0.385. The molecule has 1 rings (SSSR count). The molecule has 4 N–H and O–H groups in total. The van der Waals surface area contributed by atoms with Gasteiger partial charge in [-0.05, 0) is 18.6 Å². The Morgan fingerprint density at radius 3 is 2.11 bits per heavy atom. The number of carboxylic acids is 1. The summed E-state index contributed by atoms with van der Waals surface area (Å²) in [5.74, 6) is -1.84. The van der Waals surface area contributed by atoms with Crippen LogP contribution in [0.4, 0.5) is 0 Å². The molecule has 6 heteroatoms. The van der Waals surface area contributed by atoms with E-state index >= 15 is 0 Å². The van der Waals surface area contributed by atoms with Crippen LogP contribution in [-0.2, 0) is 0 Å². The Balaban J connectivity index is 3.05. The van der Waals surface area contributed by atoms with Crippen LogP contribution >= 0.6 is 0 Å². The molecule has 0 heterocycles. The summed E-state index contributed by atoms with van der Waals surface area (Å²) in [6.07, 6.45) is 0.320.